The second-order valence-corrected chi connectivity index (χ2v) is 4.68. The number of rotatable bonds is 2. The highest BCUT2D eigenvalue weighted by molar-refractivity contribution is 6.00. The van der Waals surface area contributed by atoms with E-state index in [-0.39, 0.29) is 22.8 Å². The largest absolute Gasteiger partial charge is 0.504 e. The van der Waals surface area contributed by atoms with Gasteiger partial charge < -0.3 is 14.6 Å². The van der Waals surface area contributed by atoms with Gasteiger partial charge in [-0.25, -0.2) is 0 Å². The highest BCUT2D eigenvalue weighted by Crippen LogP contribution is 2.49. The maximum Gasteiger partial charge on any atom is 0.204 e. The molecule has 1 aliphatic heterocycles. The molecule has 1 aliphatic rings. The topological polar surface area (TPSA) is 55.8 Å². The van der Waals surface area contributed by atoms with Crippen LogP contribution in [0.3, 0.4) is 0 Å². The molecule has 3 rings (SSSR count). The van der Waals surface area contributed by atoms with Gasteiger partial charge in [0.15, 0.2) is 17.3 Å². The highest BCUT2D eigenvalue weighted by atomic mass is 16.5. The van der Waals surface area contributed by atoms with E-state index in [4.69, 9.17) is 9.47 Å². The van der Waals surface area contributed by atoms with Crippen molar-refractivity contribution in [2.24, 2.45) is 0 Å². The van der Waals surface area contributed by atoms with E-state index in [1.54, 1.807) is 6.07 Å². The Labute approximate surface area is 116 Å². The summed E-state index contributed by atoms with van der Waals surface area (Å²) >= 11 is 0. The monoisotopic (exact) mass is 270 g/mol. The molecule has 0 bridgehead atoms. The lowest BCUT2D eigenvalue weighted by Crippen LogP contribution is -2.08. The summed E-state index contributed by atoms with van der Waals surface area (Å²) in [6.07, 6.45) is 0. The second kappa shape index (κ2) is 4.56. The van der Waals surface area contributed by atoms with Crippen molar-refractivity contribution in [3.8, 4) is 28.4 Å². The zero-order valence-corrected chi connectivity index (χ0v) is 11.3. The SMILES string of the molecule is COc1c(O)c(C(C)=O)cc2c1OCc1ccccc1-2. The van der Waals surface area contributed by atoms with E-state index in [2.05, 4.69) is 0 Å². The zero-order valence-electron chi connectivity index (χ0n) is 11.3. The number of phenolic OH excluding ortho intramolecular Hbond substituents is 1. The zero-order chi connectivity index (χ0) is 14.3. The Morgan fingerprint density at radius 3 is 2.75 bits per heavy atom. The van der Waals surface area contributed by atoms with Crippen molar-refractivity contribution in [2.75, 3.05) is 7.11 Å². The summed E-state index contributed by atoms with van der Waals surface area (Å²) in [5.74, 6) is 0.306. The van der Waals surface area contributed by atoms with Crippen LogP contribution >= 0.6 is 0 Å². The maximum absolute atomic E-state index is 11.7. The average molecular weight is 270 g/mol. The molecule has 0 spiro atoms. The van der Waals surface area contributed by atoms with Gasteiger partial charge in [0.25, 0.3) is 0 Å². The number of hydrogen-bond donors (Lipinski definition) is 1. The number of benzene rings is 2. The first-order chi connectivity index (χ1) is 9.63. The first-order valence-electron chi connectivity index (χ1n) is 6.29. The molecule has 102 valence electrons. The highest BCUT2D eigenvalue weighted by Gasteiger charge is 2.26. The quantitative estimate of drug-likeness (QED) is 0.852. The Morgan fingerprint density at radius 1 is 1.30 bits per heavy atom. The first-order valence-corrected chi connectivity index (χ1v) is 6.29. The van der Waals surface area contributed by atoms with Crippen LogP contribution in [0.1, 0.15) is 22.8 Å². The predicted octanol–water partition coefficient (Wildman–Crippen LogP) is 3.16. The van der Waals surface area contributed by atoms with Crippen molar-refractivity contribution in [1.82, 2.24) is 0 Å². The van der Waals surface area contributed by atoms with Gasteiger partial charge >= 0.3 is 0 Å². The molecule has 0 fully saturated rings. The first kappa shape index (κ1) is 12.5. The van der Waals surface area contributed by atoms with Crippen molar-refractivity contribution in [3.05, 3.63) is 41.5 Å². The fraction of sp³-hybridized carbons (Fsp3) is 0.188. The van der Waals surface area contributed by atoms with Gasteiger partial charge in [-0.2, -0.15) is 0 Å². The summed E-state index contributed by atoms with van der Waals surface area (Å²) in [5.41, 5.74) is 3.05. The lowest BCUT2D eigenvalue weighted by Gasteiger charge is -2.24. The van der Waals surface area contributed by atoms with E-state index in [1.165, 1.54) is 14.0 Å². The number of methoxy groups -OCH3 is 1. The molecule has 0 aromatic heterocycles. The molecule has 0 radical (unpaired) electrons. The molecule has 2 aromatic carbocycles. The number of phenols is 1. The number of Topliss-reactive ketones (excluding diaryl/α,β-unsaturated/α-hetero) is 1. The Hall–Kier alpha value is -2.49. The standard InChI is InChI=1S/C16H14O4/c1-9(17)12-7-13-11-6-4-3-5-10(11)8-20-15(13)16(19-2)14(12)18/h3-7,18H,8H2,1-2H3. The van der Waals surface area contributed by atoms with Crippen molar-refractivity contribution >= 4 is 5.78 Å². The van der Waals surface area contributed by atoms with Gasteiger partial charge in [-0.05, 0) is 24.1 Å². The molecule has 2 aromatic rings. The average Bonchev–Trinajstić information content (AvgIpc) is 2.46. The Morgan fingerprint density at radius 2 is 2.05 bits per heavy atom. The molecular weight excluding hydrogens is 256 g/mol. The maximum atomic E-state index is 11.7. The Kier molecular flexibility index (Phi) is 2.86. The van der Waals surface area contributed by atoms with E-state index < -0.39 is 0 Å². The van der Waals surface area contributed by atoms with Crippen LogP contribution in [-0.2, 0) is 6.61 Å². The van der Waals surface area contributed by atoms with Crippen LogP contribution in [0.4, 0.5) is 0 Å². The summed E-state index contributed by atoms with van der Waals surface area (Å²) in [5, 5.41) is 10.1. The van der Waals surface area contributed by atoms with Gasteiger partial charge in [0.1, 0.15) is 6.61 Å². The van der Waals surface area contributed by atoms with Gasteiger partial charge in [0.2, 0.25) is 5.75 Å². The van der Waals surface area contributed by atoms with Crippen molar-refractivity contribution in [1.29, 1.82) is 0 Å². The molecule has 0 aliphatic carbocycles. The van der Waals surface area contributed by atoms with Crippen molar-refractivity contribution in [3.63, 3.8) is 0 Å². The molecule has 1 heterocycles. The van der Waals surface area contributed by atoms with Crippen LogP contribution < -0.4 is 9.47 Å². The van der Waals surface area contributed by atoms with Crippen LogP contribution in [-0.4, -0.2) is 18.0 Å². The van der Waals surface area contributed by atoms with Gasteiger partial charge in [0, 0.05) is 5.56 Å². The summed E-state index contributed by atoms with van der Waals surface area (Å²) < 4.78 is 10.9. The molecular formula is C16H14O4. The summed E-state index contributed by atoms with van der Waals surface area (Å²) in [6, 6.07) is 9.48. The third-order valence-corrected chi connectivity index (χ3v) is 3.47. The minimum atomic E-state index is -0.216. The lowest BCUT2D eigenvalue weighted by molar-refractivity contribution is 0.101. The molecule has 0 saturated carbocycles. The molecule has 20 heavy (non-hydrogen) atoms. The number of hydrogen-bond acceptors (Lipinski definition) is 4. The van der Waals surface area contributed by atoms with E-state index in [9.17, 15) is 9.90 Å². The molecule has 0 saturated heterocycles. The third kappa shape index (κ3) is 1.72. The third-order valence-electron chi connectivity index (χ3n) is 3.47. The Bertz CT molecular complexity index is 704. The second-order valence-electron chi connectivity index (χ2n) is 4.68. The van der Waals surface area contributed by atoms with Crippen LogP contribution in [0.15, 0.2) is 30.3 Å². The summed E-state index contributed by atoms with van der Waals surface area (Å²) in [7, 11) is 1.45. The number of fused-ring (bicyclic) bond motifs is 3. The fourth-order valence-corrected chi connectivity index (χ4v) is 2.49. The van der Waals surface area contributed by atoms with Crippen LogP contribution in [0.2, 0.25) is 0 Å². The normalized spacial score (nSPS) is 12.1. The van der Waals surface area contributed by atoms with E-state index in [0.29, 0.717) is 12.4 Å². The molecule has 4 heteroatoms. The molecule has 1 N–H and O–H groups in total. The summed E-state index contributed by atoms with van der Waals surface area (Å²) in [4.78, 5) is 11.7. The predicted molar refractivity (Wildman–Crippen MR) is 74.4 cm³/mol. The summed E-state index contributed by atoms with van der Waals surface area (Å²) in [6.45, 7) is 1.83. The van der Waals surface area contributed by atoms with Crippen molar-refractivity contribution < 1.29 is 19.4 Å². The molecule has 0 amide bonds. The molecule has 0 atom stereocenters. The minimum absolute atomic E-state index is 0.168. The van der Waals surface area contributed by atoms with Crippen LogP contribution in [0.5, 0.6) is 17.2 Å². The van der Waals surface area contributed by atoms with E-state index in [0.717, 1.165) is 16.7 Å². The van der Waals surface area contributed by atoms with Crippen molar-refractivity contribution in [2.45, 2.75) is 13.5 Å². The van der Waals surface area contributed by atoms with Gasteiger partial charge in [-0.15, -0.1) is 0 Å². The van der Waals surface area contributed by atoms with Gasteiger partial charge in [-0.1, -0.05) is 24.3 Å². The molecule has 4 nitrogen and oxygen atoms in total. The van der Waals surface area contributed by atoms with E-state index in [1.807, 2.05) is 24.3 Å². The number of carbonyl (C=O) groups excluding carboxylic acids is 1. The van der Waals surface area contributed by atoms with Gasteiger partial charge in [-0.3, -0.25) is 4.79 Å². The lowest BCUT2D eigenvalue weighted by atomic mass is 9.93. The van der Waals surface area contributed by atoms with Crippen LogP contribution in [0.25, 0.3) is 11.1 Å². The van der Waals surface area contributed by atoms with Gasteiger partial charge in [0.05, 0.1) is 12.7 Å². The smallest absolute Gasteiger partial charge is 0.204 e. The number of aromatic hydroxyl groups is 1. The number of ketones is 1. The number of carbonyl (C=O) groups is 1. The molecule has 0 unspecified atom stereocenters. The minimum Gasteiger partial charge on any atom is -0.504 e. The van der Waals surface area contributed by atoms with Crippen LogP contribution in [0, 0.1) is 0 Å². The fourth-order valence-electron chi connectivity index (χ4n) is 2.49. The van der Waals surface area contributed by atoms with E-state index >= 15 is 0 Å². The Balaban J connectivity index is 2.34. The number of ether oxygens (including phenoxy) is 2.